The SMILES string of the molecule is CC(O)C(N)C(=O)NC(CCCCN)C(=O)NC(Cc1c[nH]c2ccccc12)C(=O)NC(Cc1ccccc1)C(=O)O. The number of aliphatic hydroxyl groups excluding tert-OH is 1. The van der Waals surface area contributed by atoms with Crippen LogP contribution in [-0.4, -0.2) is 75.7 Å². The number of hydrogen-bond donors (Lipinski definition) is 8. The van der Waals surface area contributed by atoms with Crippen LogP contribution in [0.3, 0.4) is 0 Å². The molecule has 0 spiro atoms. The highest BCUT2D eigenvalue weighted by atomic mass is 16.4. The van der Waals surface area contributed by atoms with Gasteiger partial charge in [-0.25, -0.2) is 4.79 Å². The fourth-order valence-corrected chi connectivity index (χ4v) is 4.57. The Morgan fingerprint density at radius 2 is 1.45 bits per heavy atom. The number of hydrogen-bond acceptors (Lipinski definition) is 7. The molecule has 3 rings (SSSR count). The van der Waals surface area contributed by atoms with Gasteiger partial charge in [-0.1, -0.05) is 48.5 Å². The molecule has 0 saturated heterocycles. The molecule has 0 aliphatic heterocycles. The number of H-pyrrole nitrogens is 1. The van der Waals surface area contributed by atoms with Crippen molar-refractivity contribution in [2.75, 3.05) is 6.54 Å². The molecule has 0 bridgehead atoms. The van der Waals surface area contributed by atoms with Crippen LogP contribution in [-0.2, 0) is 32.0 Å². The molecule has 0 saturated carbocycles. The molecule has 0 fully saturated rings. The molecule has 226 valence electrons. The van der Waals surface area contributed by atoms with Crippen LogP contribution in [0.1, 0.15) is 37.3 Å². The molecule has 42 heavy (non-hydrogen) atoms. The van der Waals surface area contributed by atoms with Gasteiger partial charge >= 0.3 is 5.97 Å². The van der Waals surface area contributed by atoms with Crippen LogP contribution < -0.4 is 27.4 Å². The predicted molar refractivity (Wildman–Crippen MR) is 158 cm³/mol. The zero-order valence-corrected chi connectivity index (χ0v) is 23.6. The van der Waals surface area contributed by atoms with Gasteiger partial charge in [0, 0.05) is 29.9 Å². The van der Waals surface area contributed by atoms with Crippen molar-refractivity contribution < 1.29 is 29.4 Å². The highest BCUT2D eigenvalue weighted by Gasteiger charge is 2.31. The number of carboxylic acid groups (broad SMARTS) is 1. The minimum absolute atomic E-state index is 0.0463. The van der Waals surface area contributed by atoms with Crippen molar-refractivity contribution in [3.05, 3.63) is 71.9 Å². The van der Waals surface area contributed by atoms with Crippen molar-refractivity contribution >= 4 is 34.6 Å². The summed E-state index contributed by atoms with van der Waals surface area (Å²) in [6.45, 7) is 1.75. The highest BCUT2D eigenvalue weighted by Crippen LogP contribution is 2.19. The van der Waals surface area contributed by atoms with Gasteiger partial charge in [0.15, 0.2) is 0 Å². The first-order valence-corrected chi connectivity index (χ1v) is 14.0. The maximum Gasteiger partial charge on any atom is 0.326 e. The van der Waals surface area contributed by atoms with Crippen molar-refractivity contribution in [1.82, 2.24) is 20.9 Å². The van der Waals surface area contributed by atoms with E-state index in [1.54, 1.807) is 36.5 Å². The highest BCUT2D eigenvalue weighted by molar-refractivity contribution is 5.95. The second kappa shape index (κ2) is 15.7. The van der Waals surface area contributed by atoms with E-state index in [2.05, 4.69) is 20.9 Å². The van der Waals surface area contributed by atoms with Crippen LogP contribution in [0.2, 0.25) is 0 Å². The Bertz CT molecular complexity index is 1340. The number of aromatic nitrogens is 1. The van der Waals surface area contributed by atoms with Crippen LogP contribution >= 0.6 is 0 Å². The van der Waals surface area contributed by atoms with Crippen LogP contribution in [0.4, 0.5) is 0 Å². The second-order valence-electron chi connectivity index (χ2n) is 10.3. The Hall–Kier alpha value is -4.26. The summed E-state index contributed by atoms with van der Waals surface area (Å²) in [4.78, 5) is 54.9. The number of aliphatic hydroxyl groups is 1. The van der Waals surface area contributed by atoms with Gasteiger partial charge in [0.2, 0.25) is 17.7 Å². The average Bonchev–Trinajstić information content (AvgIpc) is 3.38. The number of aliphatic carboxylic acids is 1. The fraction of sp³-hybridized carbons (Fsp3) is 0.400. The first-order chi connectivity index (χ1) is 20.1. The topological polar surface area (TPSA) is 213 Å². The van der Waals surface area contributed by atoms with Crippen molar-refractivity contribution in [3.63, 3.8) is 0 Å². The van der Waals surface area contributed by atoms with E-state index in [1.807, 2.05) is 24.3 Å². The van der Waals surface area contributed by atoms with Crippen molar-refractivity contribution in [1.29, 1.82) is 0 Å². The smallest absolute Gasteiger partial charge is 0.326 e. The number of rotatable bonds is 16. The molecule has 2 aromatic carbocycles. The predicted octanol–water partition coefficient (Wildman–Crippen LogP) is 0.329. The molecule has 5 atom stereocenters. The van der Waals surface area contributed by atoms with Crippen LogP contribution in [0.15, 0.2) is 60.8 Å². The maximum atomic E-state index is 13.6. The summed E-state index contributed by atoms with van der Waals surface area (Å²) in [6.07, 6.45) is 2.01. The van der Waals surface area contributed by atoms with E-state index in [9.17, 15) is 29.4 Å². The molecule has 0 radical (unpaired) electrons. The number of amides is 3. The number of carboxylic acids is 1. The maximum absolute atomic E-state index is 13.6. The lowest BCUT2D eigenvalue weighted by atomic mass is 10.0. The van der Waals surface area contributed by atoms with Gasteiger partial charge in [0.25, 0.3) is 0 Å². The number of unbranched alkanes of at least 4 members (excludes halogenated alkanes) is 1. The lowest BCUT2D eigenvalue weighted by Gasteiger charge is -2.26. The summed E-state index contributed by atoms with van der Waals surface area (Å²) in [6, 6.07) is 11.6. The number of para-hydroxylation sites is 1. The van der Waals surface area contributed by atoms with Crippen LogP contribution in [0, 0.1) is 0 Å². The summed E-state index contributed by atoms with van der Waals surface area (Å²) in [7, 11) is 0. The molecule has 5 unspecified atom stereocenters. The summed E-state index contributed by atoms with van der Waals surface area (Å²) in [5.41, 5.74) is 13.7. The van der Waals surface area contributed by atoms with Crippen LogP contribution in [0.25, 0.3) is 10.9 Å². The minimum Gasteiger partial charge on any atom is -0.480 e. The van der Waals surface area contributed by atoms with Gasteiger partial charge in [0.1, 0.15) is 24.2 Å². The Morgan fingerprint density at radius 3 is 2.12 bits per heavy atom. The van der Waals surface area contributed by atoms with Gasteiger partial charge in [-0.3, -0.25) is 14.4 Å². The minimum atomic E-state index is -1.26. The first kappa shape index (κ1) is 32.3. The summed E-state index contributed by atoms with van der Waals surface area (Å²) < 4.78 is 0. The molecule has 12 nitrogen and oxygen atoms in total. The lowest BCUT2D eigenvalue weighted by Crippen LogP contribution is -2.58. The van der Waals surface area contributed by atoms with E-state index in [-0.39, 0.29) is 19.3 Å². The molecule has 3 amide bonds. The van der Waals surface area contributed by atoms with Gasteiger partial charge in [-0.05, 0) is 49.9 Å². The number of nitrogens with one attached hydrogen (secondary N) is 4. The Morgan fingerprint density at radius 1 is 0.833 bits per heavy atom. The summed E-state index contributed by atoms with van der Waals surface area (Å²) in [5.74, 6) is -3.27. The van der Waals surface area contributed by atoms with E-state index in [1.165, 1.54) is 6.92 Å². The molecular formula is C30H40N6O6. The first-order valence-electron chi connectivity index (χ1n) is 14.0. The molecule has 1 aromatic heterocycles. The van der Waals surface area contributed by atoms with E-state index in [0.717, 1.165) is 22.0 Å². The largest absolute Gasteiger partial charge is 0.480 e. The molecule has 0 aliphatic carbocycles. The standard InChI is InChI=1S/C30H40N6O6/c1-18(37)26(32)29(40)34-23(13-7-8-14-31)27(38)35-24(16-20-17-33-22-12-6-5-11-21(20)22)28(39)36-25(30(41)42)15-19-9-3-2-4-10-19/h2-6,9-12,17-18,23-26,33,37H,7-8,13-16,31-32H2,1H3,(H,34,40)(H,35,38)(H,36,39)(H,41,42). The van der Waals surface area contributed by atoms with E-state index >= 15 is 0 Å². The van der Waals surface area contributed by atoms with E-state index in [4.69, 9.17) is 11.5 Å². The average molecular weight is 581 g/mol. The Labute approximate surface area is 244 Å². The second-order valence-corrected chi connectivity index (χ2v) is 10.3. The molecule has 10 N–H and O–H groups in total. The number of carbonyl (C=O) groups is 4. The van der Waals surface area contributed by atoms with Gasteiger partial charge in [-0.2, -0.15) is 0 Å². The third-order valence-electron chi connectivity index (χ3n) is 7.03. The van der Waals surface area contributed by atoms with Crippen molar-refractivity contribution in [3.8, 4) is 0 Å². The monoisotopic (exact) mass is 580 g/mol. The lowest BCUT2D eigenvalue weighted by molar-refractivity contribution is -0.142. The normalized spacial score (nSPS) is 14.8. The zero-order chi connectivity index (χ0) is 30.6. The molecule has 0 aliphatic rings. The molecule has 12 heteroatoms. The summed E-state index contributed by atoms with van der Waals surface area (Å²) >= 11 is 0. The molecule has 3 aromatic rings. The van der Waals surface area contributed by atoms with E-state index in [0.29, 0.717) is 19.4 Å². The number of fused-ring (bicyclic) bond motifs is 1. The number of nitrogens with two attached hydrogens (primary N) is 2. The quantitative estimate of drug-likeness (QED) is 0.110. The Balaban J connectivity index is 1.86. The molecule has 1 heterocycles. The number of carbonyl (C=O) groups excluding carboxylic acids is 3. The third-order valence-corrected chi connectivity index (χ3v) is 7.03. The number of aromatic amines is 1. The zero-order valence-electron chi connectivity index (χ0n) is 23.6. The van der Waals surface area contributed by atoms with Crippen molar-refractivity contribution in [2.45, 2.75) is 69.3 Å². The fourth-order valence-electron chi connectivity index (χ4n) is 4.57. The Kier molecular flexibility index (Phi) is 12.0. The summed E-state index contributed by atoms with van der Waals surface area (Å²) in [5, 5.41) is 28.3. The third kappa shape index (κ3) is 9.13. The van der Waals surface area contributed by atoms with Crippen LogP contribution in [0.5, 0.6) is 0 Å². The van der Waals surface area contributed by atoms with Gasteiger partial charge in [0.05, 0.1) is 6.10 Å². The van der Waals surface area contributed by atoms with Gasteiger partial charge < -0.3 is 42.6 Å². The van der Waals surface area contributed by atoms with Gasteiger partial charge in [-0.15, -0.1) is 0 Å². The molecular weight excluding hydrogens is 540 g/mol. The van der Waals surface area contributed by atoms with Crippen molar-refractivity contribution in [2.24, 2.45) is 11.5 Å². The number of benzene rings is 2. The van der Waals surface area contributed by atoms with E-state index < -0.39 is 54.0 Å².